The number of nitrogens with one attached hydrogen (secondary N) is 2. The number of carbonyl (C=O) groups is 2. The van der Waals surface area contributed by atoms with E-state index in [0.29, 0.717) is 0 Å². The lowest BCUT2D eigenvalue weighted by Crippen LogP contribution is -2.22. The van der Waals surface area contributed by atoms with Crippen LogP contribution in [0.3, 0.4) is 0 Å². The molecule has 0 spiro atoms. The summed E-state index contributed by atoms with van der Waals surface area (Å²) < 4.78 is 0. The van der Waals surface area contributed by atoms with Crippen molar-refractivity contribution in [3.8, 4) is 0 Å². The first kappa shape index (κ1) is 26.7. The topological polar surface area (TPSA) is 119 Å². The Kier molecular flexibility index (Phi) is 26.8. The summed E-state index contributed by atoms with van der Waals surface area (Å²) >= 11 is 0. The minimum absolute atomic E-state index is 0.755. The van der Waals surface area contributed by atoms with E-state index in [1.165, 1.54) is 51.9 Å². The molecule has 5 N–H and O–H groups in total. The molecule has 7 nitrogen and oxygen atoms in total. The minimum atomic E-state index is -1.79. The second-order valence-corrected chi connectivity index (χ2v) is 4.95. The molecule has 0 aromatic heterocycles. The van der Waals surface area contributed by atoms with Gasteiger partial charge in [-0.1, -0.05) is 27.7 Å². The number of aliphatic hydroxyl groups is 1. The van der Waals surface area contributed by atoms with Crippen molar-refractivity contribution in [1.82, 2.24) is 10.6 Å². The van der Waals surface area contributed by atoms with Crippen molar-refractivity contribution >= 4 is 11.9 Å². The number of aliphatic hydroxyl groups excluding tert-OH is 1. The molecule has 0 amide bonds. The summed E-state index contributed by atoms with van der Waals surface area (Å²) in [7, 11) is 0. The van der Waals surface area contributed by atoms with Gasteiger partial charge in [-0.05, 0) is 51.9 Å². The normalized spacial score (nSPS) is 10.7. The molecule has 140 valence electrons. The maximum absolute atomic E-state index is 9.72. The molecule has 23 heavy (non-hydrogen) atoms. The van der Waals surface area contributed by atoms with Gasteiger partial charge in [0.25, 0.3) is 0 Å². The summed E-state index contributed by atoms with van der Waals surface area (Å²) in [4.78, 5) is 19.4. The predicted molar refractivity (Wildman–Crippen MR) is 92.8 cm³/mol. The molecule has 1 atom stereocenters. The first-order valence-corrected chi connectivity index (χ1v) is 8.41. The zero-order valence-corrected chi connectivity index (χ0v) is 15.1. The van der Waals surface area contributed by atoms with Crippen LogP contribution in [0, 0.1) is 0 Å². The number of rotatable bonds is 11. The molecule has 0 aromatic carbocycles. The van der Waals surface area contributed by atoms with Crippen molar-refractivity contribution in [2.75, 3.05) is 26.2 Å². The summed E-state index contributed by atoms with van der Waals surface area (Å²) in [5.74, 6) is -2.85. The van der Waals surface area contributed by atoms with Gasteiger partial charge in [0.05, 0.1) is 6.42 Å². The Labute approximate surface area is 140 Å². The lowest BCUT2D eigenvalue weighted by molar-refractivity contribution is -0.152. The van der Waals surface area contributed by atoms with E-state index in [2.05, 4.69) is 38.3 Å². The summed E-state index contributed by atoms with van der Waals surface area (Å²) in [5, 5.41) is 30.7. The predicted octanol–water partition coefficient (Wildman–Crippen LogP) is 1.70. The van der Waals surface area contributed by atoms with E-state index >= 15 is 0 Å². The van der Waals surface area contributed by atoms with Gasteiger partial charge in [-0.3, -0.25) is 4.79 Å². The average Bonchev–Trinajstić information content (AvgIpc) is 2.49. The monoisotopic (exact) mass is 336 g/mol. The highest BCUT2D eigenvalue weighted by molar-refractivity contribution is 5.79. The second kappa shape index (κ2) is 23.1. The van der Waals surface area contributed by atoms with Gasteiger partial charge in [0.2, 0.25) is 0 Å². The number of hydrogen-bond donors (Lipinski definition) is 5. The Morgan fingerprint density at radius 3 is 1.22 bits per heavy atom. The van der Waals surface area contributed by atoms with Crippen molar-refractivity contribution in [3.05, 3.63) is 0 Å². The zero-order chi connectivity index (χ0) is 18.5. The van der Waals surface area contributed by atoms with Crippen molar-refractivity contribution in [3.63, 3.8) is 0 Å². The van der Waals surface area contributed by atoms with Crippen molar-refractivity contribution in [1.29, 1.82) is 0 Å². The van der Waals surface area contributed by atoms with E-state index in [0.717, 1.165) is 0 Å². The lowest BCUT2D eigenvalue weighted by atomic mass is 10.3. The molecule has 0 aliphatic carbocycles. The fraction of sp³-hybridized carbons (Fsp3) is 0.875. The second-order valence-electron chi connectivity index (χ2n) is 4.95. The molecule has 0 aliphatic heterocycles. The maximum Gasteiger partial charge on any atom is 0.333 e. The SMILES string of the molecule is CCCNCCC.CCCNCCC.O=C(O)CC(O)C(=O)O. The van der Waals surface area contributed by atoms with Crippen LogP contribution in [0.1, 0.15) is 59.8 Å². The number of carboxylic acid groups (broad SMARTS) is 2. The van der Waals surface area contributed by atoms with Crippen molar-refractivity contribution in [2.45, 2.75) is 65.9 Å². The number of carboxylic acids is 2. The van der Waals surface area contributed by atoms with Gasteiger partial charge in [0.15, 0.2) is 6.10 Å². The summed E-state index contributed by atoms with van der Waals surface area (Å²) in [5.41, 5.74) is 0. The molecule has 1 unspecified atom stereocenters. The van der Waals surface area contributed by atoms with Gasteiger partial charge in [-0.25, -0.2) is 4.79 Å². The highest BCUT2D eigenvalue weighted by atomic mass is 16.4. The van der Waals surface area contributed by atoms with Crippen LogP contribution >= 0.6 is 0 Å². The largest absolute Gasteiger partial charge is 0.481 e. The molecule has 0 fully saturated rings. The van der Waals surface area contributed by atoms with E-state index < -0.39 is 24.5 Å². The third-order valence-corrected chi connectivity index (χ3v) is 2.36. The van der Waals surface area contributed by atoms with Crippen molar-refractivity contribution < 1.29 is 24.9 Å². The van der Waals surface area contributed by atoms with Gasteiger partial charge in [0.1, 0.15) is 0 Å². The summed E-state index contributed by atoms with van der Waals surface area (Å²) in [6, 6.07) is 0. The molecular formula is C16H36N2O5. The molecule has 0 aromatic rings. The Hall–Kier alpha value is -1.18. The van der Waals surface area contributed by atoms with Crippen LogP contribution in [0.5, 0.6) is 0 Å². The summed E-state index contributed by atoms with van der Waals surface area (Å²) in [6.45, 7) is 13.4. The molecular weight excluding hydrogens is 300 g/mol. The highest BCUT2D eigenvalue weighted by Crippen LogP contribution is 1.89. The molecule has 7 heteroatoms. The molecule has 0 saturated heterocycles. The van der Waals surface area contributed by atoms with E-state index in [1.54, 1.807) is 0 Å². The first-order valence-electron chi connectivity index (χ1n) is 8.41. The lowest BCUT2D eigenvalue weighted by Gasteiger charge is -1.97. The molecule has 0 radical (unpaired) electrons. The smallest absolute Gasteiger partial charge is 0.333 e. The molecule has 0 aliphatic rings. The van der Waals surface area contributed by atoms with Crippen LogP contribution < -0.4 is 10.6 Å². The van der Waals surface area contributed by atoms with E-state index in [4.69, 9.17) is 15.3 Å². The van der Waals surface area contributed by atoms with E-state index in [1.807, 2.05) is 0 Å². The third kappa shape index (κ3) is 33.6. The fourth-order valence-corrected chi connectivity index (χ4v) is 1.21. The zero-order valence-electron chi connectivity index (χ0n) is 15.1. The van der Waals surface area contributed by atoms with E-state index in [9.17, 15) is 9.59 Å². The van der Waals surface area contributed by atoms with Crippen LogP contribution in [0.4, 0.5) is 0 Å². The van der Waals surface area contributed by atoms with Crippen LogP contribution in [-0.4, -0.2) is 59.5 Å². The van der Waals surface area contributed by atoms with Gasteiger partial charge in [-0.15, -0.1) is 0 Å². The Bertz CT molecular complexity index is 245. The molecule has 0 bridgehead atoms. The Morgan fingerprint density at radius 1 is 0.783 bits per heavy atom. The number of aliphatic carboxylic acids is 2. The molecule has 0 saturated carbocycles. The van der Waals surface area contributed by atoms with Gasteiger partial charge >= 0.3 is 11.9 Å². The van der Waals surface area contributed by atoms with E-state index in [-0.39, 0.29) is 0 Å². The highest BCUT2D eigenvalue weighted by Gasteiger charge is 2.16. The fourth-order valence-electron chi connectivity index (χ4n) is 1.21. The van der Waals surface area contributed by atoms with Crippen LogP contribution in [0.15, 0.2) is 0 Å². The van der Waals surface area contributed by atoms with Crippen LogP contribution in [-0.2, 0) is 9.59 Å². The summed E-state index contributed by atoms with van der Waals surface area (Å²) in [6.07, 6.45) is 2.46. The van der Waals surface area contributed by atoms with Gasteiger partial charge < -0.3 is 26.0 Å². The Morgan fingerprint density at radius 2 is 1.09 bits per heavy atom. The van der Waals surface area contributed by atoms with Crippen molar-refractivity contribution in [2.24, 2.45) is 0 Å². The third-order valence-electron chi connectivity index (χ3n) is 2.36. The van der Waals surface area contributed by atoms with Gasteiger partial charge in [0, 0.05) is 0 Å². The minimum Gasteiger partial charge on any atom is -0.481 e. The average molecular weight is 336 g/mol. The standard InChI is InChI=1S/2C6H15N.C4H6O5/c2*1-3-5-7-6-4-2;5-2(4(8)9)1-3(6)7/h2*7H,3-6H2,1-2H3;2,5H,1H2,(H,6,7)(H,8,9). The molecule has 0 heterocycles. The van der Waals surface area contributed by atoms with Crippen LogP contribution in [0.25, 0.3) is 0 Å². The van der Waals surface area contributed by atoms with Crippen LogP contribution in [0.2, 0.25) is 0 Å². The Balaban J connectivity index is -0.000000264. The first-order chi connectivity index (χ1) is 10.9. The number of hydrogen-bond acceptors (Lipinski definition) is 5. The van der Waals surface area contributed by atoms with Gasteiger partial charge in [-0.2, -0.15) is 0 Å². The maximum atomic E-state index is 9.72. The quantitative estimate of drug-likeness (QED) is 0.364. The molecule has 0 rings (SSSR count).